The van der Waals surface area contributed by atoms with Crippen molar-refractivity contribution < 1.29 is 14.3 Å². The largest absolute Gasteiger partial charge is 0.495 e. The molecular formula is C32H31N5O3. The topological polar surface area (TPSA) is 73.5 Å². The molecule has 1 aliphatic heterocycles. The molecule has 3 aromatic carbocycles. The number of carbonyl (C=O) groups excluding carboxylic acids is 1. The fourth-order valence-corrected chi connectivity index (χ4v) is 5.38. The van der Waals surface area contributed by atoms with Gasteiger partial charge in [0.1, 0.15) is 17.3 Å². The number of methoxy groups -OCH3 is 1. The van der Waals surface area contributed by atoms with E-state index >= 15 is 0 Å². The van der Waals surface area contributed by atoms with E-state index in [1.54, 1.807) is 7.11 Å². The van der Waals surface area contributed by atoms with Crippen LogP contribution in [0.5, 0.6) is 11.5 Å². The minimum absolute atomic E-state index is 0.247. The van der Waals surface area contributed by atoms with E-state index in [2.05, 4.69) is 16.0 Å². The van der Waals surface area contributed by atoms with Crippen LogP contribution in [-0.2, 0) is 6.54 Å². The Bertz CT molecular complexity index is 1660. The van der Waals surface area contributed by atoms with E-state index in [4.69, 9.17) is 14.6 Å². The molecule has 8 heteroatoms. The maximum atomic E-state index is 14.2. The molecule has 2 amide bonds. The summed E-state index contributed by atoms with van der Waals surface area (Å²) in [6.45, 7) is 4.86. The van der Waals surface area contributed by atoms with Crippen LogP contribution in [0, 0.1) is 6.92 Å². The molecule has 0 unspecified atom stereocenters. The monoisotopic (exact) mass is 533 g/mol. The van der Waals surface area contributed by atoms with Crippen LogP contribution in [-0.4, -0.2) is 39.0 Å². The van der Waals surface area contributed by atoms with E-state index in [0.29, 0.717) is 24.6 Å². The zero-order valence-corrected chi connectivity index (χ0v) is 22.7. The number of fused-ring (bicyclic) bond motifs is 3. The number of nitrogens with zero attached hydrogens (tertiary/aromatic N) is 4. The lowest BCUT2D eigenvalue weighted by Crippen LogP contribution is -2.38. The van der Waals surface area contributed by atoms with Crippen molar-refractivity contribution in [3.63, 3.8) is 0 Å². The molecule has 5 aromatic rings. The van der Waals surface area contributed by atoms with Crippen LogP contribution in [0.4, 0.5) is 10.5 Å². The Hall–Kier alpha value is -4.98. The minimum Gasteiger partial charge on any atom is -0.495 e. The fourth-order valence-electron chi connectivity index (χ4n) is 5.38. The number of aryl methyl sites for hydroxylation is 1. The third-order valence-corrected chi connectivity index (χ3v) is 7.18. The number of para-hydroxylation sites is 3. The number of benzene rings is 3. The summed E-state index contributed by atoms with van der Waals surface area (Å²) in [5.74, 6) is 2.27. The Balaban J connectivity index is 1.53. The highest BCUT2D eigenvalue weighted by molar-refractivity contribution is 5.91. The van der Waals surface area contributed by atoms with Crippen molar-refractivity contribution in [3.05, 3.63) is 120 Å². The Labute approximate surface area is 233 Å². The maximum absolute atomic E-state index is 14.2. The number of nitrogens with one attached hydrogen (secondary N) is 1. The van der Waals surface area contributed by atoms with Gasteiger partial charge in [0.15, 0.2) is 0 Å². The van der Waals surface area contributed by atoms with Crippen LogP contribution in [0.15, 0.2) is 97.2 Å². The number of aromatic nitrogens is 3. The average molecular weight is 534 g/mol. The molecule has 0 saturated heterocycles. The van der Waals surface area contributed by atoms with Crippen LogP contribution in [0.3, 0.4) is 0 Å². The Kier molecular flexibility index (Phi) is 6.74. The van der Waals surface area contributed by atoms with E-state index in [1.807, 2.05) is 115 Å². The lowest BCUT2D eigenvalue weighted by atomic mass is 10.0. The average Bonchev–Trinajstić information content (AvgIpc) is 3.54. The summed E-state index contributed by atoms with van der Waals surface area (Å²) in [5, 5.41) is 8.03. The molecule has 1 atom stereocenters. The highest BCUT2D eigenvalue weighted by Gasteiger charge is 2.36. The van der Waals surface area contributed by atoms with Gasteiger partial charge >= 0.3 is 6.03 Å². The molecular weight excluding hydrogens is 502 g/mol. The smallest absolute Gasteiger partial charge is 0.323 e. The molecule has 202 valence electrons. The van der Waals surface area contributed by atoms with Gasteiger partial charge in [-0.15, -0.1) is 0 Å². The lowest BCUT2D eigenvalue weighted by molar-refractivity contribution is 0.194. The van der Waals surface area contributed by atoms with E-state index in [9.17, 15) is 4.79 Å². The molecule has 0 aliphatic carbocycles. The van der Waals surface area contributed by atoms with Crippen molar-refractivity contribution >= 4 is 11.7 Å². The first-order valence-corrected chi connectivity index (χ1v) is 13.3. The normalized spacial score (nSPS) is 14.2. The molecule has 8 nitrogen and oxygen atoms in total. The van der Waals surface area contributed by atoms with Crippen LogP contribution in [0.1, 0.15) is 35.5 Å². The third-order valence-electron chi connectivity index (χ3n) is 7.18. The third kappa shape index (κ3) is 4.47. The summed E-state index contributed by atoms with van der Waals surface area (Å²) >= 11 is 0. The number of amides is 2. The van der Waals surface area contributed by atoms with Gasteiger partial charge < -0.3 is 24.3 Å². The molecule has 0 fully saturated rings. The highest BCUT2D eigenvalue weighted by atomic mass is 16.5. The van der Waals surface area contributed by atoms with E-state index in [1.165, 1.54) is 0 Å². The van der Waals surface area contributed by atoms with Crippen LogP contribution in [0.2, 0.25) is 0 Å². The molecule has 2 aromatic heterocycles. The summed E-state index contributed by atoms with van der Waals surface area (Å²) in [7, 11) is 1.60. The summed E-state index contributed by atoms with van der Waals surface area (Å²) in [6, 6.07) is 28.9. The quantitative estimate of drug-likeness (QED) is 0.270. The van der Waals surface area contributed by atoms with Gasteiger partial charge in [-0.05, 0) is 67.9 Å². The molecule has 0 spiro atoms. The lowest BCUT2D eigenvalue weighted by Gasteiger charge is -2.31. The van der Waals surface area contributed by atoms with Gasteiger partial charge in [-0.1, -0.05) is 42.5 Å². The van der Waals surface area contributed by atoms with Gasteiger partial charge in [0.25, 0.3) is 0 Å². The van der Waals surface area contributed by atoms with Crippen molar-refractivity contribution in [1.82, 2.24) is 19.2 Å². The second kappa shape index (κ2) is 10.6. The van der Waals surface area contributed by atoms with Gasteiger partial charge in [0.05, 0.1) is 49.1 Å². The first-order valence-electron chi connectivity index (χ1n) is 13.3. The Morgan fingerprint density at radius 3 is 2.60 bits per heavy atom. The SMILES string of the molecule is CCOc1cccc([C@@H]2c3cccn3-c3c(c(C)nn3-c3ccccc3)CN2C(=O)Nc2ccccc2OC)c1. The first kappa shape index (κ1) is 25.3. The number of carbonyl (C=O) groups is 1. The summed E-state index contributed by atoms with van der Waals surface area (Å²) in [4.78, 5) is 16.1. The van der Waals surface area contributed by atoms with Crippen LogP contribution in [0.25, 0.3) is 11.5 Å². The molecule has 3 heterocycles. The van der Waals surface area contributed by atoms with Crippen LogP contribution < -0.4 is 14.8 Å². The number of urea groups is 1. The molecule has 0 bridgehead atoms. The standard InChI is InChI=1S/C32H31N5O3/c1-4-40-25-15-10-12-23(20-25)30-28-17-11-19-35(28)31-26(22(2)34-37(31)24-13-6-5-7-14-24)21-36(30)32(38)33-27-16-8-9-18-29(27)39-3/h5-20,30H,4,21H2,1-3H3,(H,33,38)/t30-/m1/s1. The van der Waals surface area contributed by atoms with E-state index < -0.39 is 6.04 Å². The van der Waals surface area contributed by atoms with Crippen molar-refractivity contribution in [2.75, 3.05) is 19.0 Å². The molecule has 1 N–H and O–H groups in total. The summed E-state index contributed by atoms with van der Waals surface area (Å²) < 4.78 is 15.5. The molecule has 1 aliphatic rings. The van der Waals surface area contributed by atoms with E-state index in [0.717, 1.165) is 39.8 Å². The van der Waals surface area contributed by atoms with Gasteiger partial charge in [-0.2, -0.15) is 5.10 Å². The number of hydrogen-bond donors (Lipinski definition) is 1. The van der Waals surface area contributed by atoms with Gasteiger partial charge in [0, 0.05) is 11.8 Å². The molecule has 40 heavy (non-hydrogen) atoms. The predicted octanol–water partition coefficient (Wildman–Crippen LogP) is 6.52. The van der Waals surface area contributed by atoms with Crippen molar-refractivity contribution in [1.29, 1.82) is 0 Å². The number of ether oxygens (including phenoxy) is 2. The minimum atomic E-state index is -0.402. The first-order chi connectivity index (χ1) is 19.6. The number of rotatable bonds is 6. The van der Waals surface area contributed by atoms with Gasteiger partial charge in [0.2, 0.25) is 0 Å². The predicted molar refractivity (Wildman–Crippen MR) is 155 cm³/mol. The summed E-state index contributed by atoms with van der Waals surface area (Å²) in [6.07, 6.45) is 2.04. The molecule has 0 saturated carbocycles. The number of anilines is 1. The second-order valence-corrected chi connectivity index (χ2v) is 9.60. The van der Waals surface area contributed by atoms with Crippen molar-refractivity contribution in [3.8, 4) is 23.0 Å². The van der Waals surface area contributed by atoms with Gasteiger partial charge in [-0.3, -0.25) is 0 Å². The Morgan fingerprint density at radius 1 is 1.00 bits per heavy atom. The molecule has 0 radical (unpaired) electrons. The van der Waals surface area contributed by atoms with Gasteiger partial charge in [-0.25, -0.2) is 9.48 Å². The molecule has 6 rings (SSSR count). The van der Waals surface area contributed by atoms with Crippen molar-refractivity contribution in [2.24, 2.45) is 0 Å². The summed E-state index contributed by atoms with van der Waals surface area (Å²) in [5.41, 5.74) is 5.28. The fraction of sp³-hybridized carbons (Fsp3) is 0.188. The second-order valence-electron chi connectivity index (χ2n) is 9.60. The van der Waals surface area contributed by atoms with E-state index in [-0.39, 0.29) is 6.03 Å². The van der Waals surface area contributed by atoms with Crippen molar-refractivity contribution in [2.45, 2.75) is 26.4 Å². The van der Waals surface area contributed by atoms with Crippen LogP contribution >= 0.6 is 0 Å². The number of hydrogen-bond acceptors (Lipinski definition) is 4. The zero-order valence-electron chi connectivity index (χ0n) is 22.7. The zero-order chi connectivity index (χ0) is 27.6. The highest BCUT2D eigenvalue weighted by Crippen LogP contribution is 2.39. The Morgan fingerprint density at radius 2 is 1.80 bits per heavy atom. The maximum Gasteiger partial charge on any atom is 0.323 e.